The summed E-state index contributed by atoms with van der Waals surface area (Å²) in [6.07, 6.45) is 8.92. The van der Waals surface area contributed by atoms with Gasteiger partial charge in [-0.25, -0.2) is 19.9 Å². The molecule has 4 aromatic rings. The van der Waals surface area contributed by atoms with Gasteiger partial charge in [0, 0.05) is 31.3 Å². The van der Waals surface area contributed by atoms with Crippen LogP contribution >= 0.6 is 0 Å². The molecule has 0 spiro atoms. The van der Waals surface area contributed by atoms with Crippen LogP contribution in [-0.2, 0) is 0 Å². The Labute approximate surface area is 178 Å². The normalized spacial score (nSPS) is 15.9. The quantitative estimate of drug-likeness (QED) is 0.535. The number of hydrogen-bond acceptors (Lipinski definition) is 7. The minimum absolute atomic E-state index is 0.0215. The van der Waals surface area contributed by atoms with Gasteiger partial charge in [-0.2, -0.15) is 0 Å². The van der Waals surface area contributed by atoms with Gasteiger partial charge in [-0.05, 0) is 43.2 Å². The van der Waals surface area contributed by atoms with Gasteiger partial charge in [-0.15, -0.1) is 0 Å². The van der Waals surface area contributed by atoms with Crippen molar-refractivity contribution in [1.82, 2.24) is 24.3 Å². The number of nitrogens with zero attached hydrogens (tertiary/aromatic N) is 6. The fraction of sp³-hybridized carbons (Fsp3) is 0.227. The van der Waals surface area contributed by atoms with Crippen LogP contribution in [0.25, 0.3) is 5.52 Å². The van der Waals surface area contributed by atoms with Gasteiger partial charge in [0.05, 0.1) is 18.7 Å². The predicted octanol–water partition coefficient (Wildman–Crippen LogP) is 3.12. The highest BCUT2D eigenvalue weighted by Crippen LogP contribution is 2.35. The Bertz CT molecular complexity index is 1230. The smallest absolute Gasteiger partial charge is 0.276 e. The third-order valence-electron chi connectivity index (χ3n) is 5.36. The van der Waals surface area contributed by atoms with E-state index < -0.39 is 0 Å². The first-order chi connectivity index (χ1) is 15.3. The molecule has 1 saturated heterocycles. The lowest BCUT2D eigenvalue weighted by atomic mass is 10.2. The Hall–Kier alpha value is -4.01. The Morgan fingerprint density at radius 3 is 2.77 bits per heavy atom. The van der Waals surface area contributed by atoms with Crippen LogP contribution in [-0.4, -0.2) is 43.9 Å². The predicted molar refractivity (Wildman–Crippen MR) is 115 cm³/mol. The standard InChI is InChI=1S/C22H21N7O2/c1-31-21-15(7-4-10-23-21)26-20(30)18-16-8-2-3-13-28(16)19(27-18)17-9-5-14-29(17)22-24-11-6-12-25-22/h2-4,6-8,10-13,17H,5,9,14H2,1H3,(H,26,30)/t17-/m0/s1. The molecule has 0 aromatic carbocycles. The fourth-order valence-electron chi connectivity index (χ4n) is 4.01. The molecule has 0 unspecified atom stereocenters. The van der Waals surface area contributed by atoms with Crippen LogP contribution in [0.3, 0.4) is 0 Å². The highest BCUT2D eigenvalue weighted by Gasteiger charge is 2.32. The van der Waals surface area contributed by atoms with Crippen molar-refractivity contribution in [1.29, 1.82) is 0 Å². The van der Waals surface area contributed by atoms with Gasteiger partial charge >= 0.3 is 0 Å². The van der Waals surface area contributed by atoms with Crippen molar-refractivity contribution < 1.29 is 9.53 Å². The van der Waals surface area contributed by atoms with Crippen LogP contribution in [0, 0.1) is 0 Å². The number of ether oxygens (including phenoxy) is 1. The summed E-state index contributed by atoms with van der Waals surface area (Å²) in [5, 5.41) is 2.88. The van der Waals surface area contributed by atoms with E-state index in [-0.39, 0.29) is 11.9 Å². The lowest BCUT2D eigenvalue weighted by Crippen LogP contribution is -2.26. The molecule has 1 atom stereocenters. The maximum absolute atomic E-state index is 13.2. The Morgan fingerprint density at radius 2 is 1.94 bits per heavy atom. The number of nitrogens with one attached hydrogen (secondary N) is 1. The summed E-state index contributed by atoms with van der Waals surface area (Å²) in [7, 11) is 1.52. The zero-order chi connectivity index (χ0) is 21.2. The first-order valence-corrected chi connectivity index (χ1v) is 10.1. The fourth-order valence-corrected chi connectivity index (χ4v) is 4.01. The van der Waals surface area contributed by atoms with Crippen molar-refractivity contribution in [2.24, 2.45) is 0 Å². The number of anilines is 2. The Morgan fingerprint density at radius 1 is 1.10 bits per heavy atom. The van der Waals surface area contributed by atoms with Crippen LogP contribution < -0.4 is 15.0 Å². The average Bonchev–Trinajstić information content (AvgIpc) is 3.45. The summed E-state index contributed by atoms with van der Waals surface area (Å²) >= 11 is 0. The van der Waals surface area contributed by atoms with E-state index in [1.807, 2.05) is 28.8 Å². The molecular formula is C22H21N7O2. The number of carbonyl (C=O) groups is 1. The largest absolute Gasteiger partial charge is 0.480 e. The zero-order valence-corrected chi connectivity index (χ0v) is 17.0. The second-order valence-corrected chi connectivity index (χ2v) is 7.19. The van der Waals surface area contributed by atoms with Crippen molar-refractivity contribution in [2.45, 2.75) is 18.9 Å². The van der Waals surface area contributed by atoms with E-state index in [1.54, 1.807) is 36.8 Å². The lowest BCUT2D eigenvalue weighted by Gasteiger charge is -2.23. The van der Waals surface area contributed by atoms with Gasteiger partial charge in [-0.3, -0.25) is 4.79 Å². The van der Waals surface area contributed by atoms with Gasteiger partial charge in [0.2, 0.25) is 11.8 Å². The summed E-state index contributed by atoms with van der Waals surface area (Å²) in [5.41, 5.74) is 1.58. The minimum atomic E-state index is -0.318. The van der Waals surface area contributed by atoms with Crippen molar-refractivity contribution in [2.75, 3.05) is 23.9 Å². The number of carbonyl (C=O) groups excluding carboxylic acids is 1. The van der Waals surface area contributed by atoms with Crippen molar-refractivity contribution in [3.05, 3.63) is 72.7 Å². The number of rotatable bonds is 5. The van der Waals surface area contributed by atoms with Crippen molar-refractivity contribution in [3.63, 3.8) is 0 Å². The molecule has 1 amide bonds. The topological polar surface area (TPSA) is 97.5 Å². The molecule has 9 heteroatoms. The first-order valence-electron chi connectivity index (χ1n) is 10.1. The van der Waals surface area contributed by atoms with Crippen LogP contribution in [0.15, 0.2) is 61.2 Å². The molecule has 5 heterocycles. The SMILES string of the molecule is COc1ncccc1NC(=O)c1nc([C@@H]2CCCN2c2ncccn2)n2ccccc12. The number of amides is 1. The third-order valence-corrected chi connectivity index (χ3v) is 5.36. The lowest BCUT2D eigenvalue weighted by molar-refractivity contribution is 0.102. The molecule has 156 valence electrons. The molecule has 1 fully saturated rings. The molecule has 31 heavy (non-hydrogen) atoms. The monoisotopic (exact) mass is 415 g/mol. The average molecular weight is 415 g/mol. The van der Waals surface area contributed by atoms with Gasteiger partial charge in [-0.1, -0.05) is 6.07 Å². The van der Waals surface area contributed by atoms with Crippen LogP contribution in [0.2, 0.25) is 0 Å². The van der Waals surface area contributed by atoms with Gasteiger partial charge < -0.3 is 19.4 Å². The second-order valence-electron chi connectivity index (χ2n) is 7.19. The van der Waals surface area contributed by atoms with E-state index in [9.17, 15) is 4.79 Å². The molecule has 4 aromatic heterocycles. The van der Waals surface area contributed by atoms with Crippen LogP contribution in [0.4, 0.5) is 11.6 Å². The van der Waals surface area contributed by atoms with E-state index in [2.05, 4.69) is 25.2 Å². The van der Waals surface area contributed by atoms with Crippen LogP contribution in [0.1, 0.15) is 35.2 Å². The summed E-state index contributed by atoms with van der Waals surface area (Å²) in [6.45, 7) is 0.838. The number of imidazole rings is 1. The zero-order valence-electron chi connectivity index (χ0n) is 17.0. The molecular weight excluding hydrogens is 394 g/mol. The molecule has 0 bridgehead atoms. The minimum Gasteiger partial charge on any atom is -0.480 e. The van der Waals surface area contributed by atoms with Crippen LogP contribution in [0.5, 0.6) is 5.88 Å². The Kier molecular flexibility index (Phi) is 4.91. The van der Waals surface area contributed by atoms with E-state index >= 15 is 0 Å². The summed E-state index contributed by atoms with van der Waals surface area (Å²) < 4.78 is 7.22. The maximum atomic E-state index is 13.2. The molecule has 1 N–H and O–H groups in total. The van der Waals surface area contributed by atoms with Gasteiger partial charge in [0.15, 0.2) is 5.69 Å². The van der Waals surface area contributed by atoms with E-state index in [0.717, 1.165) is 30.7 Å². The first kappa shape index (κ1) is 19.0. The molecule has 0 aliphatic carbocycles. The maximum Gasteiger partial charge on any atom is 0.276 e. The molecule has 0 radical (unpaired) electrons. The number of methoxy groups -OCH3 is 1. The number of pyridine rings is 2. The molecule has 9 nitrogen and oxygen atoms in total. The molecule has 1 aliphatic rings. The van der Waals surface area contributed by atoms with E-state index in [1.165, 1.54) is 7.11 Å². The Balaban J connectivity index is 1.53. The number of fused-ring (bicyclic) bond motifs is 1. The van der Waals surface area contributed by atoms with Gasteiger partial charge in [0.1, 0.15) is 11.5 Å². The van der Waals surface area contributed by atoms with E-state index in [4.69, 9.17) is 9.72 Å². The highest BCUT2D eigenvalue weighted by atomic mass is 16.5. The summed E-state index contributed by atoms with van der Waals surface area (Å²) in [4.78, 5) is 33.1. The molecule has 5 rings (SSSR count). The third kappa shape index (κ3) is 3.43. The van der Waals surface area contributed by atoms with Gasteiger partial charge in [0.25, 0.3) is 5.91 Å². The van der Waals surface area contributed by atoms with Crippen molar-refractivity contribution >= 4 is 23.1 Å². The number of aromatic nitrogens is 5. The van der Waals surface area contributed by atoms with E-state index in [0.29, 0.717) is 23.2 Å². The highest BCUT2D eigenvalue weighted by molar-refractivity contribution is 6.08. The molecule has 1 aliphatic heterocycles. The second kappa shape index (κ2) is 8.02. The number of hydrogen-bond donors (Lipinski definition) is 1. The summed E-state index contributed by atoms with van der Waals surface area (Å²) in [5.74, 6) is 1.50. The summed E-state index contributed by atoms with van der Waals surface area (Å²) in [6, 6.07) is 11.0. The molecule has 0 saturated carbocycles. The van der Waals surface area contributed by atoms with Crippen molar-refractivity contribution in [3.8, 4) is 5.88 Å².